The fourth-order valence-electron chi connectivity index (χ4n) is 2.04. The number of nitrogens with zero attached hydrogens (tertiary/aromatic N) is 4. The molecule has 0 saturated carbocycles. The van der Waals surface area contributed by atoms with Crippen LogP contribution in [0.5, 0.6) is 0 Å². The van der Waals surface area contributed by atoms with Crippen molar-refractivity contribution in [3.8, 4) is 22.4 Å². The van der Waals surface area contributed by atoms with Crippen LogP contribution in [0.15, 0.2) is 61.3 Å². The molecule has 0 radical (unpaired) electrons. The summed E-state index contributed by atoms with van der Waals surface area (Å²) in [4.78, 5) is 22.8. The molecule has 0 atom stereocenters. The Morgan fingerprint density at radius 2 is 1.48 bits per heavy atom. The highest BCUT2D eigenvalue weighted by Crippen LogP contribution is 2.31. The third kappa shape index (κ3) is 2.59. The summed E-state index contributed by atoms with van der Waals surface area (Å²) in [5.74, 6) is 0. The zero-order chi connectivity index (χ0) is 14.7. The lowest BCUT2D eigenvalue weighted by molar-refractivity contribution is -0.384. The lowest BCUT2D eigenvalue weighted by atomic mass is 10.0. The third-order valence-electron chi connectivity index (χ3n) is 3.05. The van der Waals surface area contributed by atoms with Crippen LogP contribution < -0.4 is 0 Å². The molecule has 0 aliphatic heterocycles. The molecule has 6 heteroatoms. The van der Waals surface area contributed by atoms with Gasteiger partial charge in [-0.3, -0.25) is 20.1 Å². The standard InChI is InChI=1S/C15H10N4O2/c20-19(21)15-10-18-14(12-3-7-17-8-4-12)9-13(15)11-1-5-16-6-2-11/h1-10H. The maximum atomic E-state index is 11.2. The summed E-state index contributed by atoms with van der Waals surface area (Å²) in [7, 11) is 0. The Labute approximate surface area is 120 Å². The number of pyridine rings is 3. The van der Waals surface area contributed by atoms with Crippen molar-refractivity contribution in [2.75, 3.05) is 0 Å². The average molecular weight is 278 g/mol. The normalized spacial score (nSPS) is 10.3. The molecule has 102 valence electrons. The van der Waals surface area contributed by atoms with Gasteiger partial charge in [0.2, 0.25) is 0 Å². The summed E-state index contributed by atoms with van der Waals surface area (Å²) in [5.41, 5.74) is 2.74. The fourth-order valence-corrected chi connectivity index (χ4v) is 2.04. The molecular weight excluding hydrogens is 268 g/mol. The Kier molecular flexibility index (Phi) is 3.34. The van der Waals surface area contributed by atoms with Gasteiger partial charge in [-0.1, -0.05) is 0 Å². The molecule has 3 aromatic heterocycles. The van der Waals surface area contributed by atoms with E-state index in [1.165, 1.54) is 6.20 Å². The lowest BCUT2D eigenvalue weighted by Gasteiger charge is -2.06. The Balaban J connectivity index is 2.18. The number of rotatable bonds is 3. The van der Waals surface area contributed by atoms with Crippen LogP contribution in [0.1, 0.15) is 0 Å². The highest BCUT2D eigenvalue weighted by Gasteiger charge is 2.17. The van der Waals surface area contributed by atoms with Crippen LogP contribution in [0.3, 0.4) is 0 Å². The van der Waals surface area contributed by atoms with Gasteiger partial charge in [0.1, 0.15) is 6.20 Å². The van der Waals surface area contributed by atoms with Crippen molar-refractivity contribution in [2.24, 2.45) is 0 Å². The van der Waals surface area contributed by atoms with Crippen LogP contribution in [0.4, 0.5) is 5.69 Å². The molecule has 3 heterocycles. The molecule has 0 aliphatic carbocycles. The zero-order valence-electron chi connectivity index (χ0n) is 10.9. The maximum absolute atomic E-state index is 11.2. The monoisotopic (exact) mass is 278 g/mol. The molecule has 0 spiro atoms. The van der Waals surface area contributed by atoms with Gasteiger partial charge in [0.05, 0.1) is 16.2 Å². The van der Waals surface area contributed by atoms with Gasteiger partial charge in [-0.2, -0.15) is 0 Å². The fraction of sp³-hybridized carbons (Fsp3) is 0. The van der Waals surface area contributed by atoms with Crippen molar-refractivity contribution >= 4 is 5.69 Å². The van der Waals surface area contributed by atoms with Crippen molar-refractivity contribution in [1.82, 2.24) is 15.0 Å². The van der Waals surface area contributed by atoms with Crippen molar-refractivity contribution < 1.29 is 4.92 Å². The van der Waals surface area contributed by atoms with Crippen LogP contribution in [0.2, 0.25) is 0 Å². The average Bonchev–Trinajstić information content (AvgIpc) is 2.56. The maximum Gasteiger partial charge on any atom is 0.295 e. The predicted octanol–water partition coefficient (Wildman–Crippen LogP) is 3.11. The summed E-state index contributed by atoms with van der Waals surface area (Å²) >= 11 is 0. The van der Waals surface area contributed by atoms with E-state index in [0.717, 1.165) is 11.1 Å². The highest BCUT2D eigenvalue weighted by molar-refractivity contribution is 5.77. The Morgan fingerprint density at radius 1 is 0.905 bits per heavy atom. The first-order chi connectivity index (χ1) is 10.3. The summed E-state index contributed by atoms with van der Waals surface area (Å²) < 4.78 is 0. The lowest BCUT2D eigenvalue weighted by Crippen LogP contribution is -1.95. The van der Waals surface area contributed by atoms with E-state index in [4.69, 9.17) is 0 Å². The van der Waals surface area contributed by atoms with Crippen LogP contribution in [0, 0.1) is 10.1 Å². The molecule has 3 rings (SSSR count). The molecule has 0 amide bonds. The quantitative estimate of drug-likeness (QED) is 0.543. The minimum atomic E-state index is -0.431. The molecule has 0 saturated heterocycles. The minimum absolute atomic E-state index is 0.0287. The van der Waals surface area contributed by atoms with E-state index in [1.54, 1.807) is 43.0 Å². The van der Waals surface area contributed by atoms with E-state index in [0.29, 0.717) is 11.3 Å². The van der Waals surface area contributed by atoms with Gasteiger partial charge < -0.3 is 0 Å². The van der Waals surface area contributed by atoms with Crippen LogP contribution >= 0.6 is 0 Å². The van der Waals surface area contributed by atoms with E-state index < -0.39 is 4.92 Å². The van der Waals surface area contributed by atoms with Crippen LogP contribution in [-0.2, 0) is 0 Å². The first-order valence-electron chi connectivity index (χ1n) is 6.21. The topological polar surface area (TPSA) is 81.8 Å². The van der Waals surface area contributed by atoms with E-state index in [9.17, 15) is 10.1 Å². The Morgan fingerprint density at radius 3 is 2.05 bits per heavy atom. The molecule has 0 N–H and O–H groups in total. The summed E-state index contributed by atoms with van der Waals surface area (Å²) in [6.07, 6.45) is 7.80. The van der Waals surface area contributed by atoms with E-state index in [1.807, 2.05) is 12.1 Å². The van der Waals surface area contributed by atoms with Gasteiger partial charge in [0.25, 0.3) is 5.69 Å². The third-order valence-corrected chi connectivity index (χ3v) is 3.05. The van der Waals surface area contributed by atoms with Crippen molar-refractivity contribution in [3.05, 3.63) is 71.4 Å². The van der Waals surface area contributed by atoms with Gasteiger partial charge in [-0.05, 0) is 35.9 Å². The molecule has 21 heavy (non-hydrogen) atoms. The van der Waals surface area contributed by atoms with E-state index in [-0.39, 0.29) is 5.69 Å². The SMILES string of the molecule is O=[N+]([O-])c1cnc(-c2ccncc2)cc1-c1ccncc1. The molecule has 0 aliphatic rings. The van der Waals surface area contributed by atoms with Gasteiger partial charge in [-0.25, -0.2) is 4.98 Å². The molecular formula is C15H10N4O2. The number of aromatic nitrogens is 3. The predicted molar refractivity (Wildman–Crippen MR) is 77.4 cm³/mol. The zero-order valence-corrected chi connectivity index (χ0v) is 10.9. The van der Waals surface area contributed by atoms with Crippen molar-refractivity contribution in [1.29, 1.82) is 0 Å². The number of hydrogen-bond acceptors (Lipinski definition) is 5. The van der Waals surface area contributed by atoms with Gasteiger partial charge in [0, 0.05) is 30.4 Å². The second-order valence-corrected chi connectivity index (χ2v) is 4.32. The molecule has 3 aromatic rings. The number of nitro groups is 1. The smallest absolute Gasteiger partial charge is 0.265 e. The summed E-state index contributed by atoms with van der Waals surface area (Å²) in [6.45, 7) is 0. The Hall–Kier alpha value is -3.15. The van der Waals surface area contributed by atoms with Gasteiger partial charge in [0.15, 0.2) is 0 Å². The second-order valence-electron chi connectivity index (χ2n) is 4.32. The van der Waals surface area contributed by atoms with E-state index >= 15 is 0 Å². The van der Waals surface area contributed by atoms with Gasteiger partial charge in [-0.15, -0.1) is 0 Å². The Bertz CT molecular complexity index is 776. The molecule has 6 nitrogen and oxygen atoms in total. The first-order valence-corrected chi connectivity index (χ1v) is 6.21. The van der Waals surface area contributed by atoms with E-state index in [2.05, 4.69) is 15.0 Å². The second kappa shape index (κ2) is 5.46. The molecule has 0 unspecified atom stereocenters. The number of hydrogen-bond donors (Lipinski definition) is 0. The van der Waals surface area contributed by atoms with Crippen molar-refractivity contribution in [3.63, 3.8) is 0 Å². The molecule has 0 bridgehead atoms. The van der Waals surface area contributed by atoms with Crippen molar-refractivity contribution in [2.45, 2.75) is 0 Å². The van der Waals surface area contributed by atoms with Gasteiger partial charge >= 0.3 is 0 Å². The molecule has 0 aromatic carbocycles. The van der Waals surface area contributed by atoms with Crippen LogP contribution in [0.25, 0.3) is 22.4 Å². The summed E-state index contributed by atoms with van der Waals surface area (Å²) in [5, 5.41) is 11.2. The summed E-state index contributed by atoms with van der Waals surface area (Å²) in [6, 6.07) is 8.80. The van der Waals surface area contributed by atoms with Crippen LogP contribution in [-0.4, -0.2) is 19.9 Å². The molecule has 0 fully saturated rings. The first kappa shape index (κ1) is 12.9. The highest BCUT2D eigenvalue weighted by atomic mass is 16.6. The largest absolute Gasteiger partial charge is 0.295 e. The minimum Gasteiger partial charge on any atom is -0.265 e.